The standard InChI is InChI=1S/C21H29N7O/c1-8-28(9-2)15-10-11-17(18(12-15)23-14(3)29)24-25-20-16(13-22)19(21(4,5)6)26-27(20)7/h10-12H,8-9H2,1-7H3,(H,23,29). The second-order valence-corrected chi connectivity index (χ2v) is 7.79. The zero-order valence-corrected chi connectivity index (χ0v) is 18.2. The van der Waals surface area contributed by atoms with Crippen LogP contribution in [0.5, 0.6) is 0 Å². The summed E-state index contributed by atoms with van der Waals surface area (Å²) < 4.78 is 1.56. The molecule has 0 radical (unpaired) electrons. The van der Waals surface area contributed by atoms with Crippen LogP contribution in [0.15, 0.2) is 28.4 Å². The minimum atomic E-state index is -0.288. The van der Waals surface area contributed by atoms with Crippen LogP contribution in [-0.4, -0.2) is 28.8 Å². The van der Waals surface area contributed by atoms with Crippen LogP contribution >= 0.6 is 0 Å². The number of anilines is 2. The fraction of sp³-hybridized carbons (Fsp3) is 0.476. The molecule has 1 amide bonds. The van der Waals surface area contributed by atoms with Crippen molar-refractivity contribution in [1.82, 2.24) is 9.78 Å². The largest absolute Gasteiger partial charge is 0.372 e. The maximum Gasteiger partial charge on any atom is 0.221 e. The molecule has 0 spiro atoms. The van der Waals surface area contributed by atoms with Gasteiger partial charge in [0.1, 0.15) is 17.3 Å². The quantitative estimate of drug-likeness (QED) is 0.710. The molecule has 2 rings (SSSR count). The van der Waals surface area contributed by atoms with Crippen molar-refractivity contribution in [3.05, 3.63) is 29.5 Å². The first-order valence-corrected chi connectivity index (χ1v) is 9.68. The van der Waals surface area contributed by atoms with Crippen molar-refractivity contribution in [3.8, 4) is 6.07 Å². The lowest BCUT2D eigenvalue weighted by molar-refractivity contribution is -0.114. The first-order valence-electron chi connectivity index (χ1n) is 9.68. The molecule has 0 atom stereocenters. The Morgan fingerprint density at radius 3 is 2.45 bits per heavy atom. The van der Waals surface area contributed by atoms with Gasteiger partial charge in [0.2, 0.25) is 5.91 Å². The van der Waals surface area contributed by atoms with Crippen LogP contribution in [0, 0.1) is 11.3 Å². The smallest absolute Gasteiger partial charge is 0.221 e. The summed E-state index contributed by atoms with van der Waals surface area (Å²) in [5, 5.41) is 25.5. The topological polar surface area (TPSA) is 98.7 Å². The highest BCUT2D eigenvalue weighted by atomic mass is 16.1. The van der Waals surface area contributed by atoms with E-state index in [1.807, 2.05) is 39.0 Å². The lowest BCUT2D eigenvalue weighted by Gasteiger charge is -2.22. The van der Waals surface area contributed by atoms with Crippen LogP contribution in [0.3, 0.4) is 0 Å². The molecule has 0 unspecified atom stereocenters. The van der Waals surface area contributed by atoms with Gasteiger partial charge in [-0.25, -0.2) is 4.68 Å². The van der Waals surface area contributed by atoms with E-state index in [0.29, 0.717) is 28.5 Å². The molecule has 0 aliphatic heterocycles. The van der Waals surface area contributed by atoms with Crippen molar-refractivity contribution in [2.75, 3.05) is 23.3 Å². The highest BCUT2D eigenvalue weighted by molar-refractivity contribution is 5.93. The second-order valence-electron chi connectivity index (χ2n) is 7.79. The molecule has 1 N–H and O–H groups in total. The number of carbonyl (C=O) groups is 1. The van der Waals surface area contributed by atoms with E-state index >= 15 is 0 Å². The second kappa shape index (κ2) is 8.86. The molecular formula is C21H29N7O. The third-order valence-corrected chi connectivity index (χ3v) is 4.51. The third-order valence-electron chi connectivity index (χ3n) is 4.51. The van der Waals surface area contributed by atoms with Gasteiger partial charge in [0.05, 0.1) is 11.4 Å². The zero-order valence-electron chi connectivity index (χ0n) is 18.2. The molecule has 1 aromatic heterocycles. The zero-order chi connectivity index (χ0) is 21.8. The number of aryl methyl sites for hydroxylation is 1. The third kappa shape index (κ3) is 4.99. The molecule has 0 aliphatic carbocycles. The van der Waals surface area contributed by atoms with Crippen LogP contribution in [0.1, 0.15) is 52.8 Å². The molecule has 0 bridgehead atoms. The lowest BCUT2D eigenvalue weighted by Crippen LogP contribution is -2.21. The Balaban J connectivity index is 2.51. The molecule has 0 aliphatic rings. The first kappa shape index (κ1) is 22.1. The number of nitrogens with zero attached hydrogens (tertiary/aromatic N) is 6. The monoisotopic (exact) mass is 395 g/mol. The number of azo groups is 1. The Kier molecular flexibility index (Phi) is 6.75. The minimum absolute atomic E-state index is 0.189. The van der Waals surface area contributed by atoms with Crippen LogP contribution in [0.2, 0.25) is 0 Å². The number of nitrogens with one attached hydrogen (secondary N) is 1. The van der Waals surface area contributed by atoms with Crippen molar-refractivity contribution in [3.63, 3.8) is 0 Å². The maximum atomic E-state index is 11.7. The molecule has 1 heterocycles. The van der Waals surface area contributed by atoms with E-state index in [2.05, 4.69) is 45.5 Å². The average Bonchev–Trinajstić information content (AvgIpc) is 2.97. The van der Waals surface area contributed by atoms with Gasteiger partial charge in [-0.15, -0.1) is 10.2 Å². The van der Waals surface area contributed by atoms with Crippen molar-refractivity contribution >= 4 is 28.8 Å². The van der Waals surface area contributed by atoms with Crippen LogP contribution in [0.4, 0.5) is 22.9 Å². The Bertz CT molecular complexity index is 957. The van der Waals surface area contributed by atoms with Gasteiger partial charge in [0, 0.05) is 38.2 Å². The summed E-state index contributed by atoms with van der Waals surface area (Å²) in [5.41, 5.74) is 2.87. The average molecular weight is 396 g/mol. The summed E-state index contributed by atoms with van der Waals surface area (Å²) in [6.45, 7) is 13.3. The SMILES string of the molecule is CCN(CC)c1ccc(N=Nc2c(C#N)c(C(C)(C)C)nn2C)c(NC(C)=O)c1. The Labute approximate surface area is 172 Å². The molecular weight excluding hydrogens is 366 g/mol. The maximum absolute atomic E-state index is 11.7. The molecule has 8 nitrogen and oxygen atoms in total. The highest BCUT2D eigenvalue weighted by Crippen LogP contribution is 2.34. The summed E-state index contributed by atoms with van der Waals surface area (Å²) in [6, 6.07) is 7.85. The number of benzene rings is 1. The van der Waals surface area contributed by atoms with Gasteiger partial charge >= 0.3 is 0 Å². The fourth-order valence-electron chi connectivity index (χ4n) is 3.05. The summed E-state index contributed by atoms with van der Waals surface area (Å²) in [6.07, 6.45) is 0. The molecule has 0 saturated carbocycles. The van der Waals surface area contributed by atoms with Gasteiger partial charge in [0.15, 0.2) is 5.82 Å². The summed E-state index contributed by atoms with van der Waals surface area (Å²) in [4.78, 5) is 13.9. The van der Waals surface area contributed by atoms with Gasteiger partial charge < -0.3 is 10.2 Å². The number of aromatic nitrogens is 2. The Morgan fingerprint density at radius 2 is 1.93 bits per heavy atom. The van der Waals surface area contributed by atoms with Gasteiger partial charge in [-0.1, -0.05) is 20.8 Å². The number of amides is 1. The van der Waals surface area contributed by atoms with Crippen molar-refractivity contribution in [2.24, 2.45) is 17.3 Å². The van der Waals surface area contributed by atoms with Crippen LogP contribution in [0.25, 0.3) is 0 Å². The minimum Gasteiger partial charge on any atom is -0.372 e. The molecule has 0 fully saturated rings. The summed E-state index contributed by atoms with van der Waals surface area (Å²) in [5.74, 6) is 0.199. The number of carbonyl (C=O) groups excluding carboxylic acids is 1. The highest BCUT2D eigenvalue weighted by Gasteiger charge is 2.26. The number of rotatable bonds is 6. The van der Waals surface area contributed by atoms with Gasteiger partial charge in [0.25, 0.3) is 0 Å². The molecule has 29 heavy (non-hydrogen) atoms. The summed E-state index contributed by atoms with van der Waals surface area (Å²) in [7, 11) is 1.74. The Hall–Kier alpha value is -3.21. The van der Waals surface area contributed by atoms with E-state index < -0.39 is 0 Å². The van der Waals surface area contributed by atoms with Crippen LogP contribution in [-0.2, 0) is 17.3 Å². The molecule has 154 valence electrons. The molecule has 0 saturated heterocycles. The predicted molar refractivity (Wildman–Crippen MR) is 115 cm³/mol. The van der Waals surface area contributed by atoms with Crippen molar-refractivity contribution in [2.45, 2.75) is 47.0 Å². The molecule has 2 aromatic rings. The van der Waals surface area contributed by atoms with Crippen molar-refractivity contribution < 1.29 is 4.79 Å². The molecule has 8 heteroatoms. The van der Waals surface area contributed by atoms with E-state index in [1.54, 1.807) is 11.7 Å². The van der Waals surface area contributed by atoms with E-state index in [4.69, 9.17) is 0 Å². The number of hydrogen-bond acceptors (Lipinski definition) is 6. The van der Waals surface area contributed by atoms with E-state index in [9.17, 15) is 10.1 Å². The summed E-state index contributed by atoms with van der Waals surface area (Å²) >= 11 is 0. The number of hydrogen-bond donors (Lipinski definition) is 1. The van der Waals surface area contributed by atoms with E-state index in [1.165, 1.54) is 6.92 Å². The van der Waals surface area contributed by atoms with Gasteiger partial charge in [-0.2, -0.15) is 10.4 Å². The normalized spacial score (nSPS) is 11.5. The Morgan fingerprint density at radius 1 is 1.28 bits per heavy atom. The molecule has 1 aromatic carbocycles. The lowest BCUT2D eigenvalue weighted by atomic mass is 9.90. The van der Waals surface area contributed by atoms with E-state index in [-0.39, 0.29) is 11.3 Å². The number of nitriles is 1. The van der Waals surface area contributed by atoms with Crippen LogP contribution < -0.4 is 10.2 Å². The first-order chi connectivity index (χ1) is 13.6. The van der Waals surface area contributed by atoms with E-state index in [0.717, 1.165) is 18.8 Å². The predicted octanol–water partition coefficient (Wildman–Crippen LogP) is 4.81. The van der Waals surface area contributed by atoms with Gasteiger partial charge in [-0.3, -0.25) is 4.79 Å². The van der Waals surface area contributed by atoms with Gasteiger partial charge in [-0.05, 0) is 32.0 Å². The fourth-order valence-corrected chi connectivity index (χ4v) is 3.05. The van der Waals surface area contributed by atoms with Crippen molar-refractivity contribution in [1.29, 1.82) is 5.26 Å².